The highest BCUT2D eigenvalue weighted by atomic mass is 79.9. The number of ether oxygens (including phenoxy) is 1. The first-order valence-electron chi connectivity index (χ1n) is 13.9. The summed E-state index contributed by atoms with van der Waals surface area (Å²) in [6, 6.07) is 11.6. The van der Waals surface area contributed by atoms with Crippen molar-refractivity contribution in [3.8, 4) is 11.8 Å². The van der Waals surface area contributed by atoms with Gasteiger partial charge in [-0.05, 0) is 61.0 Å². The summed E-state index contributed by atoms with van der Waals surface area (Å²) in [4.78, 5) is 56.4. The predicted octanol–water partition coefficient (Wildman–Crippen LogP) is 3.28. The Hall–Kier alpha value is -4.68. The van der Waals surface area contributed by atoms with Crippen LogP contribution in [0.1, 0.15) is 25.0 Å². The Kier molecular flexibility index (Phi) is 9.93. The highest BCUT2D eigenvalue weighted by molar-refractivity contribution is 9.10. The second kappa shape index (κ2) is 13.4. The normalized spacial score (nSPS) is 17.0. The molecule has 1 unspecified atom stereocenters. The minimum absolute atomic E-state index is 0.124. The number of carbonyl (C=O) groups is 4. The van der Waals surface area contributed by atoms with E-state index in [2.05, 4.69) is 21.2 Å². The summed E-state index contributed by atoms with van der Waals surface area (Å²) in [6.45, 7) is 2.68. The Balaban J connectivity index is 1.97. The smallest absolute Gasteiger partial charge is 0.407 e. The number of nitrogens with zero attached hydrogens (tertiary/aromatic N) is 4. The molecule has 4 rings (SSSR count). The van der Waals surface area contributed by atoms with Crippen LogP contribution < -0.4 is 19.9 Å². The molecule has 0 saturated carbocycles. The molecule has 46 heavy (non-hydrogen) atoms. The van der Waals surface area contributed by atoms with Crippen molar-refractivity contribution in [2.45, 2.75) is 38.5 Å². The van der Waals surface area contributed by atoms with Gasteiger partial charge in [-0.1, -0.05) is 28.1 Å². The van der Waals surface area contributed by atoms with Crippen molar-refractivity contribution in [2.75, 3.05) is 36.0 Å². The molecule has 0 spiro atoms. The lowest BCUT2D eigenvalue weighted by Crippen LogP contribution is -2.60. The van der Waals surface area contributed by atoms with Crippen LogP contribution in [0.15, 0.2) is 53.0 Å². The van der Waals surface area contributed by atoms with E-state index in [0.29, 0.717) is 11.3 Å². The number of methoxy groups -OCH3 is 1. The second-order valence-electron chi connectivity index (χ2n) is 11.0. The lowest BCUT2D eigenvalue weighted by molar-refractivity contribution is -0.130. The van der Waals surface area contributed by atoms with Crippen LogP contribution in [-0.2, 0) is 30.8 Å². The molecular weight excluding hydrogens is 682 g/mol. The van der Waals surface area contributed by atoms with E-state index in [4.69, 9.17) is 4.74 Å². The van der Waals surface area contributed by atoms with Gasteiger partial charge < -0.3 is 25.0 Å². The van der Waals surface area contributed by atoms with Gasteiger partial charge in [0.1, 0.15) is 23.6 Å². The van der Waals surface area contributed by atoms with Crippen molar-refractivity contribution < 1.29 is 37.4 Å². The van der Waals surface area contributed by atoms with Crippen LogP contribution >= 0.6 is 15.9 Å². The maximum atomic E-state index is 14.6. The number of amides is 4. The van der Waals surface area contributed by atoms with Crippen molar-refractivity contribution in [3.63, 3.8) is 0 Å². The summed E-state index contributed by atoms with van der Waals surface area (Å²) < 4.78 is 31.0. The average molecular weight is 715 g/mol. The fourth-order valence-electron chi connectivity index (χ4n) is 5.36. The quantitative estimate of drug-likeness (QED) is 0.355. The zero-order chi connectivity index (χ0) is 34.1. The molecule has 0 aromatic heterocycles. The Morgan fingerprint density at radius 3 is 2.46 bits per heavy atom. The number of carboxylic acid groups (broad SMARTS) is 1. The van der Waals surface area contributed by atoms with Gasteiger partial charge >= 0.3 is 6.09 Å². The number of likely N-dealkylation sites (N-methyl/N-ethyl adjacent to an activating group) is 1. The number of sulfone groups is 1. The molecule has 3 aromatic rings. The molecule has 0 bridgehead atoms. The van der Waals surface area contributed by atoms with Crippen molar-refractivity contribution in [1.29, 1.82) is 5.26 Å². The maximum absolute atomic E-state index is 14.6. The zero-order valence-corrected chi connectivity index (χ0v) is 28.0. The van der Waals surface area contributed by atoms with E-state index in [1.54, 1.807) is 6.07 Å². The van der Waals surface area contributed by atoms with Gasteiger partial charge in [-0.25, -0.2) is 13.2 Å². The first-order valence-corrected chi connectivity index (χ1v) is 16.8. The van der Waals surface area contributed by atoms with Gasteiger partial charge in [-0.3, -0.25) is 19.3 Å². The molecular formula is C31H32BrN5O8S. The second-order valence-corrected chi connectivity index (χ2v) is 13.9. The predicted molar refractivity (Wildman–Crippen MR) is 174 cm³/mol. The van der Waals surface area contributed by atoms with Gasteiger partial charge in [0.15, 0.2) is 9.84 Å². The first-order chi connectivity index (χ1) is 21.6. The number of nitrogens with one attached hydrogen (secondary N) is 1. The van der Waals surface area contributed by atoms with Crippen LogP contribution in [0.4, 0.5) is 16.2 Å². The highest BCUT2D eigenvalue weighted by Crippen LogP contribution is 2.40. The van der Waals surface area contributed by atoms with Crippen LogP contribution in [0, 0.1) is 11.3 Å². The molecule has 3 aromatic carbocycles. The Morgan fingerprint density at radius 2 is 1.85 bits per heavy atom. The van der Waals surface area contributed by atoms with Gasteiger partial charge in [0.2, 0.25) is 11.8 Å². The molecule has 242 valence electrons. The summed E-state index contributed by atoms with van der Waals surface area (Å²) in [5, 5.41) is 23.4. The van der Waals surface area contributed by atoms with E-state index >= 15 is 0 Å². The highest BCUT2D eigenvalue weighted by Gasteiger charge is 2.43. The lowest BCUT2D eigenvalue weighted by Gasteiger charge is -2.33. The summed E-state index contributed by atoms with van der Waals surface area (Å²) in [6.07, 6.45) is -0.474. The largest absolute Gasteiger partial charge is 0.496 e. The maximum Gasteiger partial charge on any atom is 0.407 e. The third-order valence-corrected chi connectivity index (χ3v) is 9.37. The van der Waals surface area contributed by atoms with E-state index in [1.165, 1.54) is 51.1 Å². The molecule has 13 nitrogen and oxygen atoms in total. The number of carbonyl (C=O) groups excluding carboxylic acids is 3. The Labute approximate surface area is 274 Å². The molecule has 3 atom stereocenters. The van der Waals surface area contributed by atoms with Gasteiger partial charge in [-0.15, -0.1) is 0 Å². The number of fused-ring (bicyclic) bond motifs is 2. The van der Waals surface area contributed by atoms with Crippen LogP contribution in [0.5, 0.6) is 5.75 Å². The Morgan fingerprint density at radius 1 is 1.15 bits per heavy atom. The van der Waals surface area contributed by atoms with Crippen LogP contribution in [0.3, 0.4) is 0 Å². The topological polar surface area (TPSA) is 177 Å². The number of rotatable bonds is 8. The molecule has 1 heterocycles. The van der Waals surface area contributed by atoms with Crippen molar-refractivity contribution in [2.24, 2.45) is 0 Å². The minimum atomic E-state index is -3.83. The number of hydrogen-bond donors (Lipinski definition) is 2. The lowest BCUT2D eigenvalue weighted by atomic mass is 10.0. The van der Waals surface area contributed by atoms with Crippen LogP contribution in [0.25, 0.3) is 10.8 Å². The molecule has 1 aliphatic rings. The fourth-order valence-corrected chi connectivity index (χ4v) is 6.45. The molecule has 0 aliphatic carbocycles. The van der Waals surface area contributed by atoms with Crippen LogP contribution in [-0.4, -0.2) is 86.5 Å². The van der Waals surface area contributed by atoms with E-state index in [9.17, 15) is 38.0 Å². The summed E-state index contributed by atoms with van der Waals surface area (Å²) in [5.41, 5.74) is 1.00. The van der Waals surface area contributed by atoms with Crippen molar-refractivity contribution in [1.82, 2.24) is 10.2 Å². The molecule has 15 heteroatoms. The SMILES string of the molecule is COc1ccc2c(Br)cccc2c1CN1C(=O)[C@@H](NC(=O)C(C)N(C)C(=O)O)[C@H](C)N(C(=O)CS(C)(=O)=O)c2ccc(C#N)cc21. The number of anilines is 2. The van der Waals surface area contributed by atoms with Gasteiger partial charge in [0.25, 0.3) is 5.91 Å². The number of nitriles is 1. The molecule has 0 saturated heterocycles. The first kappa shape index (κ1) is 34.2. The molecule has 2 N–H and O–H groups in total. The molecule has 0 radical (unpaired) electrons. The monoisotopic (exact) mass is 713 g/mol. The Bertz CT molecular complexity index is 1890. The fraction of sp³-hybridized carbons (Fsp3) is 0.323. The standard InChI is InChI=1S/C31H32BrN5O8S/c1-17-28(34-29(39)18(2)35(3)31(41)42)30(40)36(15-22-20-7-6-8-23(32)21(20)10-12-26(22)45-4)25-13-19(14-33)9-11-24(25)37(17)27(38)16-46(5,43)44/h6-13,17-18,28H,15-16H2,1-5H3,(H,34,39)(H,41,42)/t17-,18?,28-/m0/s1. The molecule has 1 aliphatic heterocycles. The average Bonchev–Trinajstić information content (AvgIpc) is 3.08. The van der Waals surface area contributed by atoms with Crippen molar-refractivity contribution >= 4 is 71.7 Å². The molecule has 0 fully saturated rings. The van der Waals surface area contributed by atoms with E-state index in [0.717, 1.165) is 31.3 Å². The number of benzene rings is 3. The summed E-state index contributed by atoms with van der Waals surface area (Å²) >= 11 is 3.56. The number of hydrogen-bond acceptors (Lipinski definition) is 8. The number of halogens is 1. The van der Waals surface area contributed by atoms with Gasteiger partial charge in [0, 0.05) is 23.3 Å². The van der Waals surface area contributed by atoms with E-state index in [1.807, 2.05) is 30.3 Å². The van der Waals surface area contributed by atoms with E-state index < -0.39 is 57.5 Å². The van der Waals surface area contributed by atoms with Crippen LogP contribution in [0.2, 0.25) is 0 Å². The minimum Gasteiger partial charge on any atom is -0.496 e. The van der Waals surface area contributed by atoms with Gasteiger partial charge in [0.05, 0.1) is 42.7 Å². The third-order valence-electron chi connectivity index (χ3n) is 7.90. The summed E-state index contributed by atoms with van der Waals surface area (Å²) in [5.74, 6) is -2.82. The zero-order valence-electron chi connectivity index (χ0n) is 25.6. The summed E-state index contributed by atoms with van der Waals surface area (Å²) in [7, 11) is -1.16. The third kappa shape index (κ3) is 6.77. The molecule has 4 amide bonds. The van der Waals surface area contributed by atoms with E-state index in [-0.39, 0.29) is 23.5 Å². The van der Waals surface area contributed by atoms with Gasteiger partial charge in [-0.2, -0.15) is 5.26 Å². The van der Waals surface area contributed by atoms with Crippen molar-refractivity contribution in [3.05, 3.63) is 64.1 Å².